The summed E-state index contributed by atoms with van der Waals surface area (Å²) in [6, 6.07) is 1.82. The Morgan fingerprint density at radius 1 is 1.64 bits per heavy atom. The number of halogens is 1. The highest BCUT2D eigenvalue weighted by molar-refractivity contribution is 5.95. The molecule has 0 radical (unpaired) electrons. The van der Waals surface area contributed by atoms with Gasteiger partial charge in [0.25, 0.3) is 0 Å². The SMILES string of the molecule is CCOC(=O)c1cc(O)c(F)cc1N. The third-order valence-corrected chi connectivity index (χ3v) is 1.61. The van der Waals surface area contributed by atoms with Crippen molar-refractivity contribution >= 4 is 11.7 Å². The number of hydrogen-bond donors (Lipinski definition) is 2. The van der Waals surface area contributed by atoms with E-state index < -0.39 is 17.5 Å². The first-order chi connectivity index (χ1) is 6.56. The summed E-state index contributed by atoms with van der Waals surface area (Å²) in [5, 5.41) is 9.00. The van der Waals surface area contributed by atoms with Crippen molar-refractivity contribution in [2.24, 2.45) is 0 Å². The molecule has 0 aliphatic heterocycles. The number of aromatic hydroxyl groups is 1. The molecule has 0 saturated heterocycles. The number of nitrogens with two attached hydrogens (primary N) is 1. The van der Waals surface area contributed by atoms with Gasteiger partial charge in [-0.25, -0.2) is 9.18 Å². The third-order valence-electron chi connectivity index (χ3n) is 1.61. The summed E-state index contributed by atoms with van der Waals surface area (Å²) in [6.07, 6.45) is 0. The molecule has 0 saturated carbocycles. The second-order valence-electron chi connectivity index (χ2n) is 2.61. The second kappa shape index (κ2) is 3.95. The summed E-state index contributed by atoms with van der Waals surface area (Å²) in [5.41, 5.74) is 5.28. The van der Waals surface area contributed by atoms with Gasteiger partial charge in [0.05, 0.1) is 12.2 Å². The average molecular weight is 199 g/mol. The molecule has 0 amide bonds. The van der Waals surface area contributed by atoms with Crippen LogP contribution in [0.15, 0.2) is 12.1 Å². The predicted molar refractivity (Wildman–Crippen MR) is 48.4 cm³/mol. The van der Waals surface area contributed by atoms with Crippen LogP contribution in [0.1, 0.15) is 17.3 Å². The molecular formula is C9H10FNO3. The minimum atomic E-state index is -0.865. The summed E-state index contributed by atoms with van der Waals surface area (Å²) in [4.78, 5) is 11.2. The molecule has 5 heteroatoms. The van der Waals surface area contributed by atoms with E-state index in [1.54, 1.807) is 6.92 Å². The van der Waals surface area contributed by atoms with Gasteiger partial charge in [-0.05, 0) is 13.0 Å². The minimum absolute atomic E-state index is 0.0363. The number of carbonyl (C=O) groups is 1. The van der Waals surface area contributed by atoms with Gasteiger partial charge in [-0.3, -0.25) is 0 Å². The van der Waals surface area contributed by atoms with E-state index in [0.29, 0.717) is 0 Å². The van der Waals surface area contributed by atoms with E-state index in [1.165, 1.54) is 0 Å². The van der Waals surface area contributed by atoms with Gasteiger partial charge in [-0.2, -0.15) is 0 Å². The number of benzene rings is 1. The number of anilines is 1. The lowest BCUT2D eigenvalue weighted by Gasteiger charge is -2.05. The van der Waals surface area contributed by atoms with Crippen LogP contribution in [-0.2, 0) is 4.74 Å². The molecule has 14 heavy (non-hydrogen) atoms. The molecular weight excluding hydrogens is 189 g/mol. The van der Waals surface area contributed by atoms with E-state index >= 15 is 0 Å². The first kappa shape index (κ1) is 10.3. The Labute approximate surface area is 80.1 Å². The summed E-state index contributed by atoms with van der Waals surface area (Å²) in [5.74, 6) is -2.17. The van der Waals surface area contributed by atoms with Crippen molar-refractivity contribution in [3.63, 3.8) is 0 Å². The number of carbonyl (C=O) groups excluding carboxylic acids is 1. The van der Waals surface area contributed by atoms with Crippen LogP contribution in [0.25, 0.3) is 0 Å². The summed E-state index contributed by atoms with van der Waals surface area (Å²) >= 11 is 0. The number of hydrogen-bond acceptors (Lipinski definition) is 4. The quantitative estimate of drug-likeness (QED) is 0.427. The molecule has 0 unspecified atom stereocenters. The average Bonchev–Trinajstić information content (AvgIpc) is 2.11. The van der Waals surface area contributed by atoms with Crippen LogP contribution >= 0.6 is 0 Å². The first-order valence-electron chi connectivity index (χ1n) is 4.01. The minimum Gasteiger partial charge on any atom is -0.505 e. The number of ether oxygens (including phenoxy) is 1. The number of nitrogen functional groups attached to an aromatic ring is 1. The topological polar surface area (TPSA) is 72.5 Å². The molecule has 3 N–H and O–H groups in total. The third kappa shape index (κ3) is 1.93. The molecule has 0 aromatic heterocycles. The predicted octanol–water partition coefficient (Wildman–Crippen LogP) is 1.29. The Kier molecular flexibility index (Phi) is 2.91. The molecule has 0 spiro atoms. The van der Waals surface area contributed by atoms with E-state index in [2.05, 4.69) is 4.74 Å². The molecule has 1 aromatic carbocycles. The largest absolute Gasteiger partial charge is 0.505 e. The lowest BCUT2D eigenvalue weighted by Crippen LogP contribution is -2.08. The van der Waals surface area contributed by atoms with Crippen LogP contribution in [0.2, 0.25) is 0 Å². The molecule has 0 bridgehead atoms. The van der Waals surface area contributed by atoms with Crippen molar-refractivity contribution < 1.29 is 19.0 Å². The second-order valence-corrected chi connectivity index (χ2v) is 2.61. The fourth-order valence-corrected chi connectivity index (χ4v) is 0.963. The Morgan fingerprint density at radius 2 is 2.29 bits per heavy atom. The van der Waals surface area contributed by atoms with Crippen LogP contribution in [0, 0.1) is 5.82 Å². The van der Waals surface area contributed by atoms with Gasteiger partial charge in [0.2, 0.25) is 0 Å². The maximum Gasteiger partial charge on any atom is 0.340 e. The monoisotopic (exact) mass is 199 g/mol. The maximum atomic E-state index is 12.7. The zero-order valence-electron chi connectivity index (χ0n) is 7.58. The van der Waals surface area contributed by atoms with E-state index in [4.69, 9.17) is 10.8 Å². The molecule has 4 nitrogen and oxygen atoms in total. The number of esters is 1. The van der Waals surface area contributed by atoms with Crippen molar-refractivity contribution in [1.82, 2.24) is 0 Å². The fraction of sp³-hybridized carbons (Fsp3) is 0.222. The molecule has 76 valence electrons. The Bertz CT molecular complexity index is 365. The first-order valence-corrected chi connectivity index (χ1v) is 4.01. The van der Waals surface area contributed by atoms with E-state index in [0.717, 1.165) is 12.1 Å². The van der Waals surface area contributed by atoms with Crippen molar-refractivity contribution in [2.75, 3.05) is 12.3 Å². The molecule has 0 atom stereocenters. The van der Waals surface area contributed by atoms with Crippen LogP contribution in [0.5, 0.6) is 5.75 Å². The maximum absolute atomic E-state index is 12.7. The van der Waals surface area contributed by atoms with Gasteiger partial charge in [0.15, 0.2) is 11.6 Å². The lowest BCUT2D eigenvalue weighted by atomic mass is 10.1. The van der Waals surface area contributed by atoms with Crippen molar-refractivity contribution in [1.29, 1.82) is 0 Å². The Hall–Kier alpha value is -1.78. The molecule has 1 rings (SSSR count). The van der Waals surface area contributed by atoms with Gasteiger partial charge in [0.1, 0.15) is 0 Å². The zero-order chi connectivity index (χ0) is 10.7. The zero-order valence-corrected chi connectivity index (χ0v) is 7.58. The fourth-order valence-electron chi connectivity index (χ4n) is 0.963. The number of rotatable bonds is 2. The number of phenolic OH excluding ortho intramolecular Hbond substituents is 1. The van der Waals surface area contributed by atoms with Gasteiger partial charge in [-0.1, -0.05) is 0 Å². The Morgan fingerprint density at radius 3 is 2.86 bits per heavy atom. The summed E-state index contributed by atoms with van der Waals surface area (Å²) < 4.78 is 17.4. The van der Waals surface area contributed by atoms with Crippen molar-refractivity contribution in [3.8, 4) is 5.75 Å². The highest BCUT2D eigenvalue weighted by Crippen LogP contribution is 2.23. The summed E-state index contributed by atoms with van der Waals surface area (Å²) in [6.45, 7) is 1.83. The molecule has 1 aromatic rings. The van der Waals surface area contributed by atoms with Crippen LogP contribution < -0.4 is 5.73 Å². The lowest BCUT2D eigenvalue weighted by molar-refractivity contribution is 0.0527. The summed E-state index contributed by atoms with van der Waals surface area (Å²) in [7, 11) is 0. The standard InChI is InChI=1S/C9H10FNO3/c1-2-14-9(13)5-3-8(12)6(10)4-7(5)11/h3-4,12H,2,11H2,1H3. The normalized spacial score (nSPS) is 9.86. The molecule has 0 fully saturated rings. The van der Waals surface area contributed by atoms with Gasteiger partial charge < -0.3 is 15.6 Å². The van der Waals surface area contributed by atoms with Crippen LogP contribution in [0.4, 0.5) is 10.1 Å². The van der Waals surface area contributed by atoms with Gasteiger partial charge in [0, 0.05) is 11.8 Å². The van der Waals surface area contributed by atoms with E-state index in [9.17, 15) is 9.18 Å². The van der Waals surface area contributed by atoms with Crippen LogP contribution in [-0.4, -0.2) is 17.7 Å². The highest BCUT2D eigenvalue weighted by atomic mass is 19.1. The molecule has 0 heterocycles. The van der Waals surface area contributed by atoms with E-state index in [1.807, 2.05) is 0 Å². The Balaban J connectivity index is 3.09. The molecule has 0 aliphatic carbocycles. The van der Waals surface area contributed by atoms with Crippen molar-refractivity contribution in [2.45, 2.75) is 6.92 Å². The van der Waals surface area contributed by atoms with Gasteiger partial charge >= 0.3 is 5.97 Å². The van der Waals surface area contributed by atoms with E-state index in [-0.39, 0.29) is 17.9 Å². The molecule has 0 aliphatic rings. The smallest absolute Gasteiger partial charge is 0.340 e. The highest BCUT2D eigenvalue weighted by Gasteiger charge is 2.14. The van der Waals surface area contributed by atoms with Crippen molar-refractivity contribution in [3.05, 3.63) is 23.5 Å². The number of phenols is 1. The van der Waals surface area contributed by atoms with Gasteiger partial charge in [-0.15, -0.1) is 0 Å². The van der Waals surface area contributed by atoms with Crippen LogP contribution in [0.3, 0.4) is 0 Å².